The lowest BCUT2D eigenvalue weighted by atomic mass is 10.1. The molecule has 0 bridgehead atoms. The number of anilines is 1. The Balaban J connectivity index is 2.05. The summed E-state index contributed by atoms with van der Waals surface area (Å²) in [6.45, 7) is 1.94. The Kier molecular flexibility index (Phi) is 4.56. The summed E-state index contributed by atoms with van der Waals surface area (Å²) in [7, 11) is 0. The van der Waals surface area contributed by atoms with E-state index in [1.54, 1.807) is 24.4 Å². The third-order valence-corrected chi connectivity index (χ3v) is 3.86. The van der Waals surface area contributed by atoms with E-state index in [1.165, 1.54) is 0 Å². The maximum Gasteiger partial charge on any atom is 0.230 e. The van der Waals surface area contributed by atoms with Gasteiger partial charge in [-0.2, -0.15) is 0 Å². The topological polar surface area (TPSA) is 42.0 Å². The first kappa shape index (κ1) is 14.0. The molecule has 2 aromatic rings. The molecule has 0 radical (unpaired) electrons. The number of carbonyl (C=O) groups excluding carboxylic acids is 1. The normalized spacial score (nSPS) is 10.3. The molecule has 0 spiro atoms. The summed E-state index contributed by atoms with van der Waals surface area (Å²) in [4.78, 5) is 16.1. The van der Waals surface area contributed by atoms with Crippen LogP contribution in [-0.4, -0.2) is 10.9 Å². The van der Waals surface area contributed by atoms with Crippen LogP contribution in [0.1, 0.15) is 11.3 Å². The number of pyridine rings is 1. The van der Waals surface area contributed by atoms with Gasteiger partial charge in [-0.1, -0.05) is 17.7 Å². The van der Waals surface area contributed by atoms with Crippen molar-refractivity contribution >= 4 is 39.1 Å². The van der Waals surface area contributed by atoms with Crippen molar-refractivity contribution in [3.63, 3.8) is 0 Å². The smallest absolute Gasteiger partial charge is 0.230 e. The predicted octanol–water partition coefficient (Wildman–Crippen LogP) is 3.99. The molecule has 1 heterocycles. The van der Waals surface area contributed by atoms with Gasteiger partial charge in [-0.15, -0.1) is 0 Å². The number of amides is 1. The van der Waals surface area contributed by atoms with Crippen LogP contribution >= 0.6 is 27.5 Å². The molecule has 0 aliphatic heterocycles. The van der Waals surface area contributed by atoms with E-state index in [2.05, 4.69) is 26.2 Å². The fourth-order valence-electron chi connectivity index (χ4n) is 1.63. The van der Waals surface area contributed by atoms with Gasteiger partial charge in [-0.25, -0.2) is 0 Å². The van der Waals surface area contributed by atoms with Crippen molar-refractivity contribution in [2.45, 2.75) is 13.3 Å². The predicted molar refractivity (Wildman–Crippen MR) is 80.5 cm³/mol. The lowest BCUT2D eigenvalue weighted by Crippen LogP contribution is -2.15. The van der Waals surface area contributed by atoms with Crippen LogP contribution < -0.4 is 5.32 Å². The minimum atomic E-state index is -0.101. The van der Waals surface area contributed by atoms with Crippen molar-refractivity contribution in [1.82, 2.24) is 4.98 Å². The first-order chi connectivity index (χ1) is 9.06. The van der Waals surface area contributed by atoms with Gasteiger partial charge in [0.2, 0.25) is 5.91 Å². The van der Waals surface area contributed by atoms with Gasteiger partial charge in [0.1, 0.15) is 0 Å². The molecule has 0 aliphatic carbocycles. The van der Waals surface area contributed by atoms with Gasteiger partial charge in [0.25, 0.3) is 0 Å². The van der Waals surface area contributed by atoms with Crippen molar-refractivity contribution in [2.24, 2.45) is 0 Å². The van der Waals surface area contributed by atoms with Crippen LogP contribution in [0.4, 0.5) is 5.69 Å². The van der Waals surface area contributed by atoms with E-state index in [9.17, 15) is 4.79 Å². The molecule has 1 N–H and O–H groups in total. The summed E-state index contributed by atoms with van der Waals surface area (Å²) in [5.74, 6) is -0.101. The second-order valence-electron chi connectivity index (χ2n) is 4.12. The Morgan fingerprint density at radius 3 is 2.89 bits per heavy atom. The van der Waals surface area contributed by atoms with E-state index in [1.807, 2.05) is 19.1 Å². The molecule has 1 aromatic heterocycles. The van der Waals surface area contributed by atoms with Crippen LogP contribution in [-0.2, 0) is 11.2 Å². The number of nitrogens with zero attached hydrogens (tertiary/aromatic N) is 1. The number of rotatable bonds is 3. The fraction of sp³-hybridized carbons (Fsp3) is 0.143. The maximum atomic E-state index is 11.9. The Hall–Kier alpha value is -1.39. The zero-order chi connectivity index (χ0) is 13.8. The van der Waals surface area contributed by atoms with Crippen LogP contribution in [0.15, 0.2) is 41.0 Å². The Morgan fingerprint density at radius 1 is 1.42 bits per heavy atom. The molecule has 0 saturated carbocycles. The highest BCUT2D eigenvalue weighted by Crippen LogP contribution is 2.25. The zero-order valence-electron chi connectivity index (χ0n) is 10.3. The molecule has 0 aliphatic rings. The van der Waals surface area contributed by atoms with Crippen molar-refractivity contribution in [3.8, 4) is 0 Å². The Morgan fingerprint density at radius 2 is 2.21 bits per heavy atom. The van der Waals surface area contributed by atoms with E-state index >= 15 is 0 Å². The molecule has 0 saturated heterocycles. The summed E-state index contributed by atoms with van der Waals surface area (Å²) in [5, 5.41) is 3.43. The number of nitrogens with one attached hydrogen (secondary N) is 1. The van der Waals surface area contributed by atoms with Gasteiger partial charge in [0, 0.05) is 16.4 Å². The van der Waals surface area contributed by atoms with Crippen molar-refractivity contribution in [3.05, 3.63) is 57.3 Å². The summed E-state index contributed by atoms with van der Waals surface area (Å²) in [6, 6.07) is 9.05. The molecule has 19 heavy (non-hydrogen) atoms. The van der Waals surface area contributed by atoms with Gasteiger partial charge in [0.15, 0.2) is 0 Å². The van der Waals surface area contributed by atoms with Crippen LogP contribution in [0.5, 0.6) is 0 Å². The van der Waals surface area contributed by atoms with Gasteiger partial charge < -0.3 is 5.32 Å². The molecule has 2 rings (SSSR count). The van der Waals surface area contributed by atoms with Crippen LogP contribution in [0, 0.1) is 6.92 Å². The lowest BCUT2D eigenvalue weighted by molar-refractivity contribution is -0.115. The molecule has 5 heteroatoms. The quantitative estimate of drug-likeness (QED) is 0.919. The maximum absolute atomic E-state index is 11.9. The van der Waals surface area contributed by atoms with E-state index < -0.39 is 0 Å². The van der Waals surface area contributed by atoms with Crippen molar-refractivity contribution < 1.29 is 4.79 Å². The monoisotopic (exact) mass is 338 g/mol. The molecule has 1 amide bonds. The standard InChI is InChI=1S/C14H12BrClN2O/c1-9-3-2-6-17-13(9)8-14(19)18-10-4-5-12(16)11(15)7-10/h2-7H,8H2,1H3,(H,18,19). The third-order valence-electron chi connectivity index (χ3n) is 2.65. The van der Waals surface area contributed by atoms with Crippen molar-refractivity contribution in [1.29, 1.82) is 0 Å². The van der Waals surface area contributed by atoms with Crippen LogP contribution in [0.2, 0.25) is 5.02 Å². The number of hydrogen-bond acceptors (Lipinski definition) is 2. The van der Waals surface area contributed by atoms with Gasteiger partial charge in [-0.3, -0.25) is 9.78 Å². The number of halogens is 2. The fourth-order valence-corrected chi connectivity index (χ4v) is 2.13. The largest absolute Gasteiger partial charge is 0.326 e. The van der Waals surface area contributed by atoms with Gasteiger partial charge >= 0.3 is 0 Å². The van der Waals surface area contributed by atoms with E-state index in [4.69, 9.17) is 11.6 Å². The second kappa shape index (κ2) is 6.17. The number of benzene rings is 1. The van der Waals surface area contributed by atoms with E-state index in [0.29, 0.717) is 10.7 Å². The molecule has 98 valence electrons. The van der Waals surface area contributed by atoms with E-state index in [0.717, 1.165) is 15.7 Å². The van der Waals surface area contributed by atoms with Crippen molar-refractivity contribution in [2.75, 3.05) is 5.32 Å². The summed E-state index contributed by atoms with van der Waals surface area (Å²) < 4.78 is 0.751. The van der Waals surface area contributed by atoms with Crippen LogP contribution in [0.25, 0.3) is 0 Å². The summed E-state index contributed by atoms with van der Waals surface area (Å²) >= 11 is 9.22. The molecule has 0 fully saturated rings. The number of hydrogen-bond donors (Lipinski definition) is 1. The average molecular weight is 340 g/mol. The first-order valence-electron chi connectivity index (χ1n) is 5.71. The van der Waals surface area contributed by atoms with Gasteiger partial charge in [0.05, 0.1) is 17.1 Å². The molecular weight excluding hydrogens is 328 g/mol. The average Bonchev–Trinajstić information content (AvgIpc) is 2.37. The van der Waals surface area contributed by atoms with Crippen LogP contribution in [0.3, 0.4) is 0 Å². The molecule has 1 aromatic carbocycles. The number of aromatic nitrogens is 1. The first-order valence-corrected chi connectivity index (χ1v) is 6.89. The Bertz CT molecular complexity index is 616. The summed E-state index contributed by atoms with van der Waals surface area (Å²) in [6.07, 6.45) is 1.95. The van der Waals surface area contributed by atoms with E-state index in [-0.39, 0.29) is 12.3 Å². The Labute approximate surface area is 125 Å². The number of carbonyl (C=O) groups is 1. The molecule has 3 nitrogen and oxygen atoms in total. The molecule has 0 atom stereocenters. The SMILES string of the molecule is Cc1cccnc1CC(=O)Nc1ccc(Cl)c(Br)c1. The highest BCUT2D eigenvalue weighted by molar-refractivity contribution is 9.10. The highest BCUT2D eigenvalue weighted by Gasteiger charge is 2.08. The molecular formula is C14H12BrClN2O. The third kappa shape index (κ3) is 3.78. The molecule has 0 unspecified atom stereocenters. The van der Waals surface area contributed by atoms with Gasteiger partial charge in [-0.05, 0) is 52.7 Å². The summed E-state index contributed by atoms with van der Waals surface area (Å²) in [5.41, 5.74) is 2.50. The number of aryl methyl sites for hydroxylation is 1. The zero-order valence-corrected chi connectivity index (χ0v) is 12.6. The second-order valence-corrected chi connectivity index (χ2v) is 5.38. The minimum absolute atomic E-state index is 0.101. The lowest BCUT2D eigenvalue weighted by Gasteiger charge is -2.07. The highest BCUT2D eigenvalue weighted by atomic mass is 79.9. The minimum Gasteiger partial charge on any atom is -0.326 e.